The van der Waals surface area contributed by atoms with Gasteiger partial charge in [-0.05, 0) is 13.8 Å². The minimum absolute atomic E-state index is 0.175. The minimum atomic E-state index is -1.36. The van der Waals surface area contributed by atoms with E-state index in [-0.39, 0.29) is 6.10 Å². The predicted molar refractivity (Wildman–Crippen MR) is 51.7 cm³/mol. The van der Waals surface area contributed by atoms with Crippen molar-refractivity contribution in [3.8, 4) is 12.3 Å². The normalized spacial score (nSPS) is 41.5. The van der Waals surface area contributed by atoms with Crippen molar-refractivity contribution in [2.75, 3.05) is 0 Å². The van der Waals surface area contributed by atoms with E-state index in [9.17, 15) is 15.3 Å². The Morgan fingerprint density at radius 1 is 1.20 bits per heavy atom. The first-order valence-corrected chi connectivity index (χ1v) is 4.78. The molecule has 5 heteroatoms. The molecule has 5 nitrogen and oxygen atoms in total. The molecule has 0 aromatic rings. The molecule has 86 valence electrons. The van der Waals surface area contributed by atoms with Crippen molar-refractivity contribution >= 4 is 0 Å². The van der Waals surface area contributed by atoms with Gasteiger partial charge >= 0.3 is 0 Å². The molecule has 1 saturated heterocycles. The fourth-order valence-electron chi connectivity index (χ4n) is 1.37. The number of aliphatic hydroxyl groups excluding tert-OH is 3. The highest BCUT2D eigenvalue weighted by atomic mass is 16.7. The molecule has 0 spiro atoms. The fraction of sp³-hybridized carbons (Fsp3) is 0.800. The zero-order chi connectivity index (χ0) is 11.6. The molecule has 0 aromatic carbocycles. The maximum Gasteiger partial charge on any atom is 0.188 e. The Bertz CT molecular complexity index is 247. The second-order valence-electron chi connectivity index (χ2n) is 3.75. The highest BCUT2D eigenvalue weighted by Crippen LogP contribution is 2.22. The molecule has 0 aliphatic carbocycles. The summed E-state index contributed by atoms with van der Waals surface area (Å²) in [7, 11) is 0. The molecular formula is C10H16O5. The lowest BCUT2D eigenvalue weighted by molar-refractivity contribution is -0.293. The molecular weight excluding hydrogens is 200 g/mol. The first kappa shape index (κ1) is 12.4. The summed E-state index contributed by atoms with van der Waals surface area (Å²) in [5, 5.41) is 28.4. The topological polar surface area (TPSA) is 79.2 Å². The average Bonchev–Trinajstić information content (AvgIpc) is 2.18. The fourth-order valence-corrected chi connectivity index (χ4v) is 1.37. The van der Waals surface area contributed by atoms with Crippen LogP contribution in [0.3, 0.4) is 0 Å². The van der Waals surface area contributed by atoms with Gasteiger partial charge in [0.2, 0.25) is 0 Å². The van der Waals surface area contributed by atoms with Gasteiger partial charge in [-0.3, -0.25) is 0 Å². The summed E-state index contributed by atoms with van der Waals surface area (Å²) < 4.78 is 10.3. The molecule has 1 heterocycles. The Labute approximate surface area is 88.6 Å². The van der Waals surface area contributed by atoms with Crippen LogP contribution in [0, 0.1) is 12.3 Å². The van der Waals surface area contributed by atoms with Gasteiger partial charge in [0.25, 0.3) is 0 Å². The summed E-state index contributed by atoms with van der Waals surface area (Å²) in [5.74, 6) is 2.18. The van der Waals surface area contributed by atoms with Crippen molar-refractivity contribution in [2.24, 2.45) is 0 Å². The van der Waals surface area contributed by atoms with Crippen molar-refractivity contribution in [2.45, 2.75) is 50.7 Å². The van der Waals surface area contributed by atoms with E-state index in [1.54, 1.807) is 13.8 Å². The largest absolute Gasteiger partial charge is 0.387 e. The van der Waals surface area contributed by atoms with Gasteiger partial charge in [0.15, 0.2) is 6.29 Å². The van der Waals surface area contributed by atoms with Crippen LogP contribution in [-0.4, -0.2) is 52.1 Å². The van der Waals surface area contributed by atoms with Gasteiger partial charge in [-0.25, -0.2) is 0 Å². The highest BCUT2D eigenvalue weighted by Gasteiger charge is 2.43. The van der Waals surface area contributed by atoms with Crippen LogP contribution in [0.1, 0.15) is 13.8 Å². The molecule has 2 unspecified atom stereocenters. The van der Waals surface area contributed by atoms with Gasteiger partial charge in [0.05, 0.1) is 6.10 Å². The highest BCUT2D eigenvalue weighted by molar-refractivity contribution is 5.05. The van der Waals surface area contributed by atoms with Crippen LogP contribution in [0.15, 0.2) is 0 Å². The van der Waals surface area contributed by atoms with Crippen molar-refractivity contribution in [3.63, 3.8) is 0 Å². The van der Waals surface area contributed by atoms with Crippen molar-refractivity contribution in [3.05, 3.63) is 0 Å². The summed E-state index contributed by atoms with van der Waals surface area (Å²) in [6, 6.07) is 0. The Morgan fingerprint density at radius 2 is 1.80 bits per heavy atom. The lowest BCUT2D eigenvalue weighted by Gasteiger charge is -2.38. The third-order valence-electron chi connectivity index (χ3n) is 2.14. The zero-order valence-electron chi connectivity index (χ0n) is 8.70. The maximum atomic E-state index is 9.54. The van der Waals surface area contributed by atoms with Crippen molar-refractivity contribution in [1.82, 2.24) is 0 Å². The van der Waals surface area contributed by atoms with Gasteiger partial charge in [-0.2, -0.15) is 0 Å². The molecule has 5 atom stereocenters. The first-order valence-electron chi connectivity index (χ1n) is 4.78. The lowest BCUT2D eigenvalue weighted by Crippen LogP contribution is -2.58. The second kappa shape index (κ2) is 4.92. The van der Waals surface area contributed by atoms with E-state index in [1.807, 2.05) is 0 Å². The number of terminal acetylenes is 1. The molecule has 1 aliphatic rings. The molecule has 1 aliphatic heterocycles. The van der Waals surface area contributed by atoms with E-state index < -0.39 is 30.7 Å². The lowest BCUT2D eigenvalue weighted by atomic mass is 9.99. The number of hydrogen-bond acceptors (Lipinski definition) is 5. The quantitative estimate of drug-likeness (QED) is 0.508. The van der Waals surface area contributed by atoms with Gasteiger partial charge < -0.3 is 24.8 Å². The van der Waals surface area contributed by atoms with E-state index in [0.717, 1.165) is 0 Å². The van der Waals surface area contributed by atoms with Crippen LogP contribution in [0.5, 0.6) is 0 Å². The standard InChI is InChI=1S/C10H16O5/c1-4-6-7(11)8(12)9(13)10(15-6)14-5(2)3/h1,5-13H,2-3H3/t6?,7-,8+,9?,10+/m0/s1. The van der Waals surface area contributed by atoms with Crippen LogP contribution < -0.4 is 0 Å². The molecule has 3 N–H and O–H groups in total. The third-order valence-corrected chi connectivity index (χ3v) is 2.14. The van der Waals surface area contributed by atoms with Gasteiger partial charge in [-0.1, -0.05) is 5.92 Å². The Balaban J connectivity index is 2.71. The second-order valence-corrected chi connectivity index (χ2v) is 3.75. The number of ether oxygens (including phenoxy) is 2. The van der Waals surface area contributed by atoms with Crippen LogP contribution >= 0.6 is 0 Å². The molecule has 0 bridgehead atoms. The molecule has 1 fully saturated rings. The summed E-state index contributed by atoms with van der Waals surface area (Å²) in [4.78, 5) is 0. The van der Waals surface area contributed by atoms with Crippen LogP contribution in [0.4, 0.5) is 0 Å². The van der Waals surface area contributed by atoms with Gasteiger partial charge in [-0.15, -0.1) is 6.42 Å². The van der Waals surface area contributed by atoms with Crippen molar-refractivity contribution in [1.29, 1.82) is 0 Å². The smallest absolute Gasteiger partial charge is 0.188 e. The van der Waals surface area contributed by atoms with E-state index in [2.05, 4.69) is 5.92 Å². The summed E-state index contributed by atoms with van der Waals surface area (Å²) in [6.07, 6.45) is -0.991. The number of rotatable bonds is 2. The predicted octanol–water partition coefficient (Wildman–Crippen LogP) is -1.15. The first-order chi connectivity index (χ1) is 6.97. The molecule has 0 amide bonds. The Hall–Kier alpha value is -0.640. The zero-order valence-corrected chi connectivity index (χ0v) is 8.70. The van der Waals surface area contributed by atoms with Crippen LogP contribution in [-0.2, 0) is 9.47 Å². The van der Waals surface area contributed by atoms with Crippen molar-refractivity contribution < 1.29 is 24.8 Å². The van der Waals surface area contributed by atoms with Crippen LogP contribution in [0.2, 0.25) is 0 Å². The Kier molecular flexibility index (Phi) is 4.08. The minimum Gasteiger partial charge on any atom is -0.387 e. The average molecular weight is 216 g/mol. The Morgan fingerprint density at radius 3 is 2.27 bits per heavy atom. The third kappa shape index (κ3) is 2.68. The summed E-state index contributed by atoms with van der Waals surface area (Å²) >= 11 is 0. The van der Waals surface area contributed by atoms with E-state index in [4.69, 9.17) is 15.9 Å². The van der Waals surface area contributed by atoms with E-state index in [1.165, 1.54) is 0 Å². The van der Waals surface area contributed by atoms with E-state index in [0.29, 0.717) is 0 Å². The van der Waals surface area contributed by atoms with Gasteiger partial charge in [0, 0.05) is 0 Å². The molecule has 1 rings (SSSR count). The summed E-state index contributed by atoms with van der Waals surface area (Å²) in [6.45, 7) is 3.52. The van der Waals surface area contributed by atoms with Crippen LogP contribution in [0.25, 0.3) is 0 Å². The summed E-state index contributed by atoms with van der Waals surface area (Å²) in [5.41, 5.74) is 0. The molecule has 0 radical (unpaired) electrons. The molecule has 0 saturated carbocycles. The number of hydrogen-bond donors (Lipinski definition) is 3. The maximum absolute atomic E-state index is 9.54. The van der Waals surface area contributed by atoms with E-state index >= 15 is 0 Å². The van der Waals surface area contributed by atoms with Gasteiger partial charge in [0.1, 0.15) is 24.4 Å². The molecule has 15 heavy (non-hydrogen) atoms. The monoisotopic (exact) mass is 216 g/mol. The number of aliphatic hydroxyl groups is 3. The SMILES string of the molecule is C#CC1O[C@@H](OC(C)C)C(O)[C@H](O)[C@H]1O. The molecule has 0 aromatic heterocycles.